The zero-order valence-electron chi connectivity index (χ0n) is 13.5. The van der Waals surface area contributed by atoms with Gasteiger partial charge in [0, 0.05) is 6.54 Å². The molecule has 0 fully saturated rings. The maximum Gasteiger partial charge on any atom is 0.480 e. The highest BCUT2D eigenvalue weighted by Gasteiger charge is 2.46. The monoisotopic (exact) mass is 411 g/mol. The molecule has 7 nitrogen and oxygen atoms in total. The van der Waals surface area contributed by atoms with Gasteiger partial charge in [0.15, 0.2) is 20.0 Å². The fraction of sp³-hybridized carbons (Fsp3) is 1.00. The molecule has 0 aliphatic heterocycles. The summed E-state index contributed by atoms with van der Waals surface area (Å²) in [4.78, 5) is 2.21. The fourth-order valence-corrected chi connectivity index (χ4v) is 2.42. The van der Waals surface area contributed by atoms with Gasteiger partial charge in [-0.15, -0.1) is 0 Å². The molecular weight excluding hydrogens is 392 g/mol. The van der Waals surface area contributed by atoms with Crippen LogP contribution in [0.25, 0.3) is 4.13 Å². The molecule has 24 heavy (non-hydrogen) atoms. The highest BCUT2D eigenvalue weighted by Crippen LogP contribution is 2.36. The lowest BCUT2D eigenvalue weighted by atomic mass is 10.5. The molecule has 0 saturated heterocycles. The molecule has 0 amide bonds. The van der Waals surface area contributed by atoms with Crippen LogP contribution in [0.4, 0.5) is 26.3 Å². The summed E-state index contributed by atoms with van der Waals surface area (Å²) in [7, 11) is -2.59. The standard InChI is InChI=1S/C7H19N2.C2F6NO4S2/c1-8(2)6-7-9(3,4)5;3-1(4,5)14(10,11)9-15(12,13)2(6,7)8/h6-7H2,1-5H3;/q+1;-1. The van der Waals surface area contributed by atoms with Crippen LogP contribution in [-0.2, 0) is 20.0 Å². The summed E-state index contributed by atoms with van der Waals surface area (Å²) in [6.07, 6.45) is 0. The minimum atomic E-state index is -6.72. The molecule has 0 spiro atoms. The Morgan fingerprint density at radius 3 is 1.25 bits per heavy atom. The third kappa shape index (κ3) is 10.3. The van der Waals surface area contributed by atoms with Gasteiger partial charge in [0.1, 0.15) is 0 Å². The second-order valence-corrected chi connectivity index (χ2v) is 9.16. The largest absolute Gasteiger partial charge is 0.480 e. The quantitative estimate of drug-likeness (QED) is 0.503. The van der Waals surface area contributed by atoms with Gasteiger partial charge in [0.05, 0.1) is 27.7 Å². The highest BCUT2D eigenvalue weighted by atomic mass is 32.3. The van der Waals surface area contributed by atoms with E-state index >= 15 is 0 Å². The SMILES string of the molecule is CN(C)CC[N+](C)(C)C.O=S(=O)([N-]S(=O)(=O)C(F)(F)F)C(F)(F)F. The zero-order chi connectivity index (χ0) is 20.2. The van der Waals surface area contributed by atoms with Gasteiger partial charge in [-0.05, 0) is 14.1 Å². The molecule has 0 aliphatic rings. The van der Waals surface area contributed by atoms with Crippen molar-refractivity contribution in [3.8, 4) is 0 Å². The number of hydrogen-bond acceptors (Lipinski definition) is 5. The van der Waals surface area contributed by atoms with E-state index in [0.29, 0.717) is 0 Å². The molecule has 148 valence electrons. The van der Waals surface area contributed by atoms with E-state index < -0.39 is 31.1 Å². The van der Waals surface area contributed by atoms with Crippen molar-refractivity contribution in [1.82, 2.24) is 4.90 Å². The van der Waals surface area contributed by atoms with Crippen molar-refractivity contribution in [1.29, 1.82) is 0 Å². The molecule has 0 aromatic carbocycles. The average Bonchev–Trinajstić information content (AvgIpc) is 2.21. The third-order valence-electron chi connectivity index (χ3n) is 2.00. The van der Waals surface area contributed by atoms with E-state index in [2.05, 4.69) is 40.1 Å². The summed E-state index contributed by atoms with van der Waals surface area (Å²) in [5, 5.41) is 0. The summed E-state index contributed by atoms with van der Waals surface area (Å²) in [6, 6.07) is 0. The van der Waals surface area contributed by atoms with Gasteiger partial charge in [0.2, 0.25) is 0 Å². The first kappa shape index (κ1) is 25.6. The molecule has 0 N–H and O–H groups in total. The highest BCUT2D eigenvalue weighted by molar-refractivity contribution is 8.13. The Morgan fingerprint density at radius 1 is 0.833 bits per heavy atom. The molecule has 15 heteroatoms. The maximum atomic E-state index is 11.4. The average molecular weight is 411 g/mol. The molecule has 0 bridgehead atoms. The molecule has 0 heterocycles. The van der Waals surface area contributed by atoms with Gasteiger partial charge < -0.3 is 13.5 Å². The Kier molecular flexibility index (Phi) is 8.70. The molecule has 0 saturated carbocycles. The summed E-state index contributed by atoms with van der Waals surface area (Å²) in [5.41, 5.74) is -12.4. The van der Waals surface area contributed by atoms with Gasteiger partial charge in [-0.25, -0.2) is 16.8 Å². The zero-order valence-corrected chi connectivity index (χ0v) is 15.1. The Morgan fingerprint density at radius 2 is 1.12 bits per heavy atom. The van der Waals surface area contributed by atoms with E-state index in [0.717, 1.165) is 8.61 Å². The van der Waals surface area contributed by atoms with Crippen molar-refractivity contribution in [2.75, 3.05) is 48.3 Å². The Labute approximate surface area is 136 Å². The van der Waals surface area contributed by atoms with Crippen molar-refractivity contribution in [3.05, 3.63) is 4.13 Å². The van der Waals surface area contributed by atoms with Crippen LogP contribution in [0.15, 0.2) is 0 Å². The number of likely N-dealkylation sites (N-methyl/N-ethyl adjacent to an activating group) is 2. The molecule has 0 unspecified atom stereocenters. The van der Waals surface area contributed by atoms with Gasteiger partial charge in [0.25, 0.3) is 0 Å². The van der Waals surface area contributed by atoms with E-state index in [-0.39, 0.29) is 0 Å². The van der Waals surface area contributed by atoms with E-state index in [1.165, 1.54) is 13.1 Å². The van der Waals surface area contributed by atoms with Crippen LogP contribution in [0.5, 0.6) is 0 Å². The van der Waals surface area contributed by atoms with Crippen molar-refractivity contribution in [2.45, 2.75) is 11.0 Å². The first-order valence-electron chi connectivity index (χ1n) is 5.94. The lowest BCUT2D eigenvalue weighted by Crippen LogP contribution is -2.40. The number of sulfonamides is 2. The second kappa shape index (κ2) is 8.16. The minimum absolute atomic E-state index is 0.778. The van der Waals surface area contributed by atoms with E-state index in [1.54, 1.807) is 0 Å². The van der Waals surface area contributed by atoms with Gasteiger partial charge >= 0.3 is 11.0 Å². The number of alkyl halides is 6. The van der Waals surface area contributed by atoms with Crippen LogP contribution in [0.2, 0.25) is 0 Å². The Bertz CT molecular complexity index is 548. The number of hydrogen-bond donors (Lipinski definition) is 0. The first-order valence-corrected chi connectivity index (χ1v) is 8.82. The van der Waals surface area contributed by atoms with Crippen molar-refractivity contribution in [3.63, 3.8) is 0 Å². The number of rotatable bonds is 5. The van der Waals surface area contributed by atoms with Crippen LogP contribution in [0.1, 0.15) is 0 Å². The van der Waals surface area contributed by atoms with Gasteiger partial charge in [-0.1, -0.05) is 0 Å². The predicted octanol–water partition coefficient (Wildman–Crippen LogP) is 1.31. The van der Waals surface area contributed by atoms with Crippen LogP contribution >= 0.6 is 0 Å². The molecular formula is C9H19F6N3O4S2. The van der Waals surface area contributed by atoms with E-state index in [4.69, 9.17) is 0 Å². The van der Waals surface area contributed by atoms with Gasteiger partial charge in [-0.3, -0.25) is 0 Å². The normalized spacial score (nSPS) is 14.3. The molecule has 0 radical (unpaired) electrons. The molecule has 0 rings (SSSR count). The number of nitrogens with zero attached hydrogens (tertiary/aromatic N) is 3. The van der Waals surface area contributed by atoms with Crippen molar-refractivity contribution < 1.29 is 47.7 Å². The molecule has 0 aromatic rings. The van der Waals surface area contributed by atoms with Gasteiger partial charge in [-0.2, -0.15) is 26.3 Å². The van der Waals surface area contributed by atoms with Crippen LogP contribution in [-0.4, -0.2) is 85.6 Å². The van der Waals surface area contributed by atoms with E-state index in [1.807, 2.05) is 0 Å². The summed E-state index contributed by atoms with van der Waals surface area (Å²) >= 11 is 0. The van der Waals surface area contributed by atoms with Crippen molar-refractivity contribution >= 4 is 20.0 Å². The summed E-state index contributed by atoms with van der Waals surface area (Å²) < 4.78 is 110. The van der Waals surface area contributed by atoms with E-state index in [9.17, 15) is 43.2 Å². The maximum absolute atomic E-state index is 11.4. The van der Waals surface area contributed by atoms with Crippen LogP contribution < -0.4 is 0 Å². The first-order chi connectivity index (χ1) is 10.1. The summed E-state index contributed by atoms with van der Waals surface area (Å²) in [5.74, 6) is 0. The molecule has 0 aromatic heterocycles. The third-order valence-corrected chi connectivity index (χ3v) is 4.74. The Balaban J connectivity index is 0. The number of halogens is 6. The van der Waals surface area contributed by atoms with Crippen LogP contribution in [0, 0.1) is 0 Å². The second-order valence-electron chi connectivity index (χ2n) is 5.73. The number of quaternary nitrogens is 1. The molecule has 0 aliphatic carbocycles. The minimum Gasteiger partial charge on any atom is -0.421 e. The predicted molar refractivity (Wildman–Crippen MR) is 74.8 cm³/mol. The fourth-order valence-electron chi connectivity index (χ4n) is 0.714. The molecule has 0 atom stereocenters. The van der Waals surface area contributed by atoms with Crippen LogP contribution in [0.3, 0.4) is 0 Å². The lowest BCUT2D eigenvalue weighted by molar-refractivity contribution is -0.869. The summed E-state index contributed by atoms with van der Waals surface area (Å²) in [6.45, 7) is 2.39. The van der Waals surface area contributed by atoms with Crippen molar-refractivity contribution in [2.24, 2.45) is 0 Å². The lowest BCUT2D eigenvalue weighted by Gasteiger charge is -2.25. The smallest absolute Gasteiger partial charge is 0.421 e. The topological polar surface area (TPSA) is 85.6 Å². The Hall–Kier alpha value is -0.640.